The Morgan fingerprint density at radius 3 is 2.72 bits per heavy atom. The van der Waals surface area contributed by atoms with Crippen LogP contribution < -0.4 is 10.6 Å². The first-order chi connectivity index (χ1) is 13.9. The van der Waals surface area contributed by atoms with E-state index in [1.54, 1.807) is 23.4 Å². The lowest BCUT2D eigenvalue weighted by Crippen LogP contribution is -2.49. The molecule has 1 fully saturated rings. The number of aromatic nitrogens is 3. The number of amides is 2. The third-order valence-electron chi connectivity index (χ3n) is 4.49. The molecule has 2 aromatic heterocycles. The molecule has 2 amide bonds. The molecule has 0 spiro atoms. The number of anilines is 1. The lowest BCUT2D eigenvalue weighted by atomic mass is 10.2. The maximum Gasteiger partial charge on any atom is 0.409 e. The van der Waals surface area contributed by atoms with Gasteiger partial charge in [0.15, 0.2) is 5.65 Å². The molecular weight excluding hydrogens is 374 g/mol. The molecule has 0 aliphatic carbocycles. The van der Waals surface area contributed by atoms with Crippen LogP contribution in [0.1, 0.15) is 19.4 Å². The van der Waals surface area contributed by atoms with Crippen LogP contribution in [-0.2, 0) is 9.53 Å². The number of nitrogens with zero attached hydrogens (tertiary/aromatic N) is 5. The Morgan fingerprint density at radius 2 is 2.10 bits per heavy atom. The molecule has 29 heavy (non-hydrogen) atoms. The topological polar surface area (TPSA) is 141 Å². The molecule has 0 aromatic carbocycles. The van der Waals surface area contributed by atoms with Crippen molar-refractivity contribution in [3.05, 3.63) is 23.5 Å². The fourth-order valence-corrected chi connectivity index (χ4v) is 2.92. The Kier molecular flexibility index (Phi) is 5.97. The summed E-state index contributed by atoms with van der Waals surface area (Å²) in [6.07, 6.45) is 4.37. The zero-order chi connectivity index (χ0) is 21.0. The van der Waals surface area contributed by atoms with Gasteiger partial charge in [0, 0.05) is 37.9 Å². The van der Waals surface area contributed by atoms with Crippen molar-refractivity contribution in [3.8, 4) is 6.07 Å². The Labute approximate surface area is 167 Å². The van der Waals surface area contributed by atoms with Crippen molar-refractivity contribution in [1.82, 2.24) is 19.9 Å². The van der Waals surface area contributed by atoms with Gasteiger partial charge >= 0.3 is 6.09 Å². The van der Waals surface area contributed by atoms with Crippen LogP contribution in [0.15, 0.2) is 18.0 Å². The Hall–Kier alpha value is -3.61. The van der Waals surface area contributed by atoms with Crippen LogP contribution in [-0.4, -0.2) is 64.6 Å². The van der Waals surface area contributed by atoms with E-state index in [1.165, 1.54) is 6.08 Å². The first kappa shape index (κ1) is 20.1. The molecule has 10 nitrogen and oxygen atoms in total. The minimum atomic E-state index is -0.800. The standard InChI is InChI=1S/C19H23N7O3/c1-12(2)11-29-19(28)26-5-3-25(4-6-26)15-10-23-18-16(24-15)14(9-22-18)7-13(8-20)17(21)27/h7,9-10,12H,3-6,11H2,1-2H3,(H2,21,27)(H,22,23). The van der Waals surface area contributed by atoms with Crippen LogP contribution >= 0.6 is 0 Å². The molecule has 10 heteroatoms. The molecule has 0 radical (unpaired) electrons. The number of aromatic amines is 1. The molecule has 0 unspecified atom stereocenters. The van der Waals surface area contributed by atoms with E-state index >= 15 is 0 Å². The highest BCUT2D eigenvalue weighted by Gasteiger charge is 2.23. The number of fused-ring (bicyclic) bond motifs is 1. The lowest BCUT2D eigenvalue weighted by Gasteiger charge is -2.34. The fraction of sp³-hybridized carbons (Fsp3) is 0.421. The second-order valence-electron chi connectivity index (χ2n) is 7.15. The first-order valence-corrected chi connectivity index (χ1v) is 9.31. The number of nitrogens with two attached hydrogens (primary N) is 1. The van der Waals surface area contributed by atoms with Crippen molar-refractivity contribution in [1.29, 1.82) is 5.26 Å². The molecule has 1 aliphatic rings. The highest BCUT2D eigenvalue weighted by atomic mass is 16.6. The summed E-state index contributed by atoms with van der Waals surface area (Å²) in [5, 5.41) is 9.05. The molecular formula is C19H23N7O3. The number of piperazine rings is 1. The van der Waals surface area contributed by atoms with Gasteiger partial charge in [-0.2, -0.15) is 5.26 Å². The van der Waals surface area contributed by atoms with E-state index in [4.69, 9.17) is 15.7 Å². The van der Waals surface area contributed by atoms with Crippen LogP contribution in [0.2, 0.25) is 0 Å². The Bertz CT molecular complexity index is 981. The number of carbonyl (C=O) groups is 2. The van der Waals surface area contributed by atoms with E-state index < -0.39 is 5.91 Å². The van der Waals surface area contributed by atoms with Crippen LogP contribution in [0, 0.1) is 17.2 Å². The van der Waals surface area contributed by atoms with Gasteiger partial charge in [-0.05, 0) is 12.0 Å². The average molecular weight is 397 g/mol. The van der Waals surface area contributed by atoms with E-state index in [9.17, 15) is 9.59 Å². The highest BCUT2D eigenvalue weighted by molar-refractivity contribution is 6.02. The highest BCUT2D eigenvalue weighted by Crippen LogP contribution is 2.21. The van der Waals surface area contributed by atoms with Crippen molar-refractivity contribution in [2.75, 3.05) is 37.7 Å². The molecule has 2 aromatic rings. The summed E-state index contributed by atoms with van der Waals surface area (Å²) in [7, 11) is 0. The van der Waals surface area contributed by atoms with Gasteiger partial charge in [-0.3, -0.25) is 4.79 Å². The van der Waals surface area contributed by atoms with Gasteiger partial charge < -0.3 is 25.3 Å². The van der Waals surface area contributed by atoms with E-state index in [0.29, 0.717) is 61.2 Å². The maximum atomic E-state index is 12.1. The molecule has 3 rings (SSSR count). The van der Waals surface area contributed by atoms with Crippen molar-refractivity contribution in [2.24, 2.45) is 11.7 Å². The largest absolute Gasteiger partial charge is 0.449 e. The predicted octanol–water partition coefficient (Wildman–Crippen LogP) is 1.26. The Morgan fingerprint density at radius 1 is 1.38 bits per heavy atom. The number of nitriles is 1. The van der Waals surface area contributed by atoms with Crippen LogP contribution in [0.3, 0.4) is 0 Å². The number of rotatable bonds is 5. The van der Waals surface area contributed by atoms with Crippen LogP contribution in [0.4, 0.5) is 10.6 Å². The second-order valence-corrected chi connectivity index (χ2v) is 7.15. The number of nitrogens with one attached hydrogen (secondary N) is 1. The molecule has 1 aliphatic heterocycles. The van der Waals surface area contributed by atoms with Crippen molar-refractivity contribution < 1.29 is 14.3 Å². The van der Waals surface area contributed by atoms with Crippen molar-refractivity contribution in [3.63, 3.8) is 0 Å². The van der Waals surface area contributed by atoms with Gasteiger partial charge in [0.2, 0.25) is 0 Å². The van der Waals surface area contributed by atoms with Gasteiger partial charge in [-0.15, -0.1) is 0 Å². The van der Waals surface area contributed by atoms with Gasteiger partial charge in [-0.1, -0.05) is 13.8 Å². The smallest absolute Gasteiger partial charge is 0.409 e. The van der Waals surface area contributed by atoms with E-state index in [2.05, 4.69) is 15.0 Å². The third kappa shape index (κ3) is 4.63. The summed E-state index contributed by atoms with van der Waals surface area (Å²) in [5.41, 5.74) is 6.68. The lowest BCUT2D eigenvalue weighted by molar-refractivity contribution is -0.114. The molecule has 152 valence electrons. The van der Waals surface area contributed by atoms with E-state index in [-0.39, 0.29) is 11.7 Å². The quantitative estimate of drug-likeness (QED) is 0.571. The summed E-state index contributed by atoms with van der Waals surface area (Å²) in [4.78, 5) is 39.1. The SMILES string of the molecule is CC(C)COC(=O)N1CCN(c2cnc3[nH]cc(C=C(C#N)C(N)=O)c3n2)CC1. The predicted molar refractivity (Wildman–Crippen MR) is 107 cm³/mol. The number of hydrogen-bond donors (Lipinski definition) is 2. The van der Waals surface area contributed by atoms with E-state index in [0.717, 1.165) is 0 Å². The zero-order valence-electron chi connectivity index (χ0n) is 16.4. The summed E-state index contributed by atoms with van der Waals surface area (Å²) >= 11 is 0. The number of hydrogen-bond acceptors (Lipinski definition) is 7. The average Bonchev–Trinajstić information content (AvgIpc) is 3.12. The molecule has 1 saturated heterocycles. The minimum Gasteiger partial charge on any atom is -0.449 e. The zero-order valence-corrected chi connectivity index (χ0v) is 16.4. The first-order valence-electron chi connectivity index (χ1n) is 9.31. The third-order valence-corrected chi connectivity index (χ3v) is 4.49. The normalized spacial score (nSPS) is 14.9. The van der Waals surface area contributed by atoms with Gasteiger partial charge in [0.25, 0.3) is 5.91 Å². The number of primary amides is 1. The second kappa shape index (κ2) is 8.60. The fourth-order valence-electron chi connectivity index (χ4n) is 2.92. The van der Waals surface area contributed by atoms with Gasteiger partial charge in [0.1, 0.15) is 23.0 Å². The molecule has 0 atom stereocenters. The number of ether oxygens (including phenoxy) is 1. The number of H-pyrrole nitrogens is 1. The van der Waals surface area contributed by atoms with Crippen LogP contribution in [0.25, 0.3) is 17.2 Å². The maximum absolute atomic E-state index is 12.1. The molecule has 0 bridgehead atoms. The molecule has 3 heterocycles. The number of carbonyl (C=O) groups excluding carboxylic acids is 2. The Balaban J connectivity index is 1.73. The van der Waals surface area contributed by atoms with Crippen molar-refractivity contribution in [2.45, 2.75) is 13.8 Å². The summed E-state index contributed by atoms with van der Waals surface area (Å²) in [6, 6.07) is 1.78. The summed E-state index contributed by atoms with van der Waals surface area (Å²) in [5.74, 6) is 0.147. The monoisotopic (exact) mass is 397 g/mol. The van der Waals surface area contributed by atoms with Gasteiger partial charge in [0.05, 0.1) is 12.8 Å². The van der Waals surface area contributed by atoms with Crippen LogP contribution in [0.5, 0.6) is 0 Å². The van der Waals surface area contributed by atoms with E-state index in [1.807, 2.05) is 18.7 Å². The van der Waals surface area contributed by atoms with Gasteiger partial charge in [-0.25, -0.2) is 14.8 Å². The molecule has 3 N–H and O–H groups in total. The van der Waals surface area contributed by atoms with Crippen molar-refractivity contribution >= 4 is 35.1 Å². The summed E-state index contributed by atoms with van der Waals surface area (Å²) in [6.45, 7) is 6.63. The molecule has 0 saturated carbocycles. The minimum absolute atomic E-state index is 0.161. The summed E-state index contributed by atoms with van der Waals surface area (Å²) < 4.78 is 5.28.